The molecule has 0 heterocycles. The Balaban J connectivity index is 2.96. The molecule has 0 saturated heterocycles. The number of hydrogen-bond acceptors (Lipinski definition) is 4. The average molecular weight is 249 g/mol. The van der Waals surface area contributed by atoms with E-state index < -0.39 is 5.97 Å². The highest BCUT2D eigenvalue weighted by Gasteiger charge is 2.09. The van der Waals surface area contributed by atoms with Crippen molar-refractivity contribution in [3.63, 3.8) is 0 Å². The molecular weight excluding hydrogens is 238 g/mol. The minimum atomic E-state index is -1.07. The Labute approximate surface area is 103 Å². The Morgan fingerprint density at radius 2 is 2.18 bits per heavy atom. The summed E-state index contributed by atoms with van der Waals surface area (Å²) in [6, 6.07) is 4.60. The van der Waals surface area contributed by atoms with Gasteiger partial charge in [-0.2, -0.15) is 0 Å². The Bertz CT molecular complexity index is 514. The van der Waals surface area contributed by atoms with Gasteiger partial charge in [-0.3, -0.25) is 4.79 Å². The van der Waals surface area contributed by atoms with Crippen LogP contribution in [0.3, 0.4) is 0 Å². The molecule has 0 radical (unpaired) electrons. The van der Waals surface area contributed by atoms with Gasteiger partial charge in [-0.05, 0) is 12.1 Å². The monoisotopic (exact) mass is 249 g/mol. The largest absolute Gasteiger partial charge is 0.478 e. The van der Waals surface area contributed by atoms with Crippen molar-refractivity contribution in [3.05, 3.63) is 29.3 Å². The van der Waals surface area contributed by atoms with Gasteiger partial charge in [-0.1, -0.05) is 29.7 Å². The third-order valence-electron chi connectivity index (χ3n) is 1.89. The smallest absolute Gasteiger partial charge is 0.337 e. The van der Waals surface area contributed by atoms with Gasteiger partial charge in [0.05, 0.1) is 16.9 Å². The molecule has 0 aliphatic rings. The maximum atomic E-state index is 10.9. The highest BCUT2D eigenvalue weighted by atomic mass is 32.2. The van der Waals surface area contributed by atoms with Crippen molar-refractivity contribution in [3.8, 4) is 11.8 Å². The molecule has 1 aromatic rings. The molecule has 0 unspecified atom stereocenters. The summed E-state index contributed by atoms with van der Waals surface area (Å²) in [6.07, 6.45) is 0. The summed E-state index contributed by atoms with van der Waals surface area (Å²) in [5, 5.41) is 8.92. The molecule has 5 heteroatoms. The number of hydrogen-bond donors (Lipinski definition) is 2. The van der Waals surface area contributed by atoms with E-state index in [9.17, 15) is 9.59 Å². The lowest BCUT2D eigenvalue weighted by molar-refractivity contribution is -0.109. The number of aromatic carboxylic acids is 1. The van der Waals surface area contributed by atoms with E-state index in [1.54, 1.807) is 12.1 Å². The highest BCUT2D eigenvalue weighted by Crippen LogP contribution is 2.15. The Morgan fingerprint density at radius 1 is 1.47 bits per heavy atom. The highest BCUT2D eigenvalue weighted by molar-refractivity contribution is 8.13. The van der Waals surface area contributed by atoms with Gasteiger partial charge in [0.15, 0.2) is 5.12 Å². The summed E-state index contributed by atoms with van der Waals surface area (Å²) in [4.78, 5) is 21.6. The molecule has 0 fully saturated rings. The SMILES string of the molecule is CC(=O)SCC#Cc1c(N)cccc1C(=O)O. The first-order chi connectivity index (χ1) is 8.02. The van der Waals surface area contributed by atoms with Crippen LogP contribution in [0, 0.1) is 11.8 Å². The molecule has 88 valence electrons. The van der Waals surface area contributed by atoms with E-state index in [0.717, 1.165) is 11.8 Å². The Hall–Kier alpha value is -1.93. The van der Waals surface area contributed by atoms with Crippen molar-refractivity contribution in [1.29, 1.82) is 0 Å². The normalized spacial score (nSPS) is 9.24. The number of carboxylic acids is 1. The fraction of sp³-hybridized carbons (Fsp3) is 0.167. The van der Waals surface area contributed by atoms with E-state index in [-0.39, 0.29) is 10.7 Å². The number of anilines is 1. The van der Waals surface area contributed by atoms with Gasteiger partial charge in [0, 0.05) is 12.6 Å². The molecule has 17 heavy (non-hydrogen) atoms. The Kier molecular flexibility index (Phi) is 4.61. The van der Waals surface area contributed by atoms with Crippen LogP contribution < -0.4 is 5.73 Å². The lowest BCUT2D eigenvalue weighted by atomic mass is 10.1. The number of carbonyl (C=O) groups is 2. The maximum absolute atomic E-state index is 10.9. The zero-order valence-corrected chi connectivity index (χ0v) is 10.0. The zero-order valence-electron chi connectivity index (χ0n) is 9.19. The van der Waals surface area contributed by atoms with Crippen LogP contribution >= 0.6 is 11.8 Å². The average Bonchev–Trinajstić information content (AvgIpc) is 2.25. The van der Waals surface area contributed by atoms with Gasteiger partial charge in [-0.25, -0.2) is 4.79 Å². The molecule has 0 aliphatic heterocycles. The maximum Gasteiger partial charge on any atom is 0.337 e. The second-order valence-corrected chi connectivity index (χ2v) is 4.31. The van der Waals surface area contributed by atoms with E-state index in [1.165, 1.54) is 13.0 Å². The van der Waals surface area contributed by atoms with Crippen LogP contribution in [0.5, 0.6) is 0 Å². The van der Waals surface area contributed by atoms with Crippen molar-refractivity contribution < 1.29 is 14.7 Å². The number of carbonyl (C=O) groups excluding carboxylic acids is 1. The van der Waals surface area contributed by atoms with E-state index >= 15 is 0 Å². The minimum absolute atomic E-state index is 0.0289. The van der Waals surface area contributed by atoms with Gasteiger partial charge in [0.25, 0.3) is 0 Å². The first-order valence-corrected chi connectivity index (χ1v) is 5.75. The molecule has 0 saturated carbocycles. The van der Waals surface area contributed by atoms with Crippen LogP contribution in [0.1, 0.15) is 22.8 Å². The number of nitrogen functional groups attached to an aromatic ring is 1. The second kappa shape index (κ2) is 5.97. The van der Waals surface area contributed by atoms with Gasteiger partial charge in [0.2, 0.25) is 0 Å². The van der Waals surface area contributed by atoms with E-state index in [2.05, 4.69) is 11.8 Å². The van der Waals surface area contributed by atoms with Crippen LogP contribution in [0.2, 0.25) is 0 Å². The summed E-state index contributed by atoms with van der Waals surface area (Å²) >= 11 is 1.07. The van der Waals surface area contributed by atoms with Crippen molar-refractivity contribution in [2.24, 2.45) is 0 Å². The molecular formula is C12H11NO3S. The third kappa shape index (κ3) is 3.85. The fourth-order valence-electron chi connectivity index (χ4n) is 1.15. The summed E-state index contributed by atoms with van der Waals surface area (Å²) in [5.74, 6) is 4.66. The summed E-state index contributed by atoms with van der Waals surface area (Å²) in [6.45, 7) is 1.45. The van der Waals surface area contributed by atoms with Crippen molar-refractivity contribution >= 4 is 28.5 Å². The zero-order chi connectivity index (χ0) is 12.8. The summed E-state index contributed by atoms with van der Waals surface area (Å²) < 4.78 is 0. The number of rotatable bonds is 2. The summed E-state index contributed by atoms with van der Waals surface area (Å²) in [7, 11) is 0. The van der Waals surface area contributed by atoms with Crippen LogP contribution in [0.15, 0.2) is 18.2 Å². The predicted octanol–water partition coefficient (Wildman–Crippen LogP) is 1.60. The van der Waals surface area contributed by atoms with Gasteiger partial charge < -0.3 is 10.8 Å². The molecule has 0 spiro atoms. The second-order valence-electron chi connectivity index (χ2n) is 3.16. The van der Waals surface area contributed by atoms with Crippen molar-refractivity contribution in [2.45, 2.75) is 6.92 Å². The quantitative estimate of drug-likeness (QED) is 0.614. The van der Waals surface area contributed by atoms with Crippen molar-refractivity contribution in [2.75, 3.05) is 11.5 Å². The lowest BCUT2D eigenvalue weighted by Gasteiger charge is -2.02. The van der Waals surface area contributed by atoms with Gasteiger partial charge in [0.1, 0.15) is 0 Å². The van der Waals surface area contributed by atoms with Crippen LogP contribution in [0.4, 0.5) is 5.69 Å². The minimum Gasteiger partial charge on any atom is -0.478 e. The first-order valence-electron chi connectivity index (χ1n) is 4.76. The van der Waals surface area contributed by atoms with E-state index in [4.69, 9.17) is 10.8 Å². The lowest BCUT2D eigenvalue weighted by Crippen LogP contribution is -2.03. The van der Waals surface area contributed by atoms with E-state index in [1.807, 2.05) is 0 Å². The van der Waals surface area contributed by atoms with Crippen LogP contribution in [0.25, 0.3) is 0 Å². The molecule has 1 rings (SSSR count). The topological polar surface area (TPSA) is 80.4 Å². The number of thioether (sulfide) groups is 1. The molecule has 0 aliphatic carbocycles. The first kappa shape index (κ1) is 13.1. The summed E-state index contributed by atoms with van der Waals surface area (Å²) in [5.41, 5.74) is 6.36. The predicted molar refractivity (Wildman–Crippen MR) is 67.8 cm³/mol. The van der Waals surface area contributed by atoms with Crippen molar-refractivity contribution in [1.82, 2.24) is 0 Å². The van der Waals surface area contributed by atoms with Gasteiger partial charge >= 0.3 is 5.97 Å². The molecule has 3 N–H and O–H groups in total. The number of carboxylic acid groups (broad SMARTS) is 1. The fourth-order valence-corrected chi connectivity index (χ4v) is 1.50. The molecule has 0 aromatic heterocycles. The number of benzene rings is 1. The molecule has 0 atom stereocenters. The molecule has 1 aromatic carbocycles. The van der Waals surface area contributed by atoms with Crippen LogP contribution in [-0.4, -0.2) is 21.9 Å². The van der Waals surface area contributed by atoms with Crippen LogP contribution in [-0.2, 0) is 4.79 Å². The number of nitrogens with two attached hydrogens (primary N) is 1. The Morgan fingerprint density at radius 3 is 2.76 bits per heavy atom. The standard InChI is InChI=1S/C12H11NO3S/c1-8(14)17-7-3-5-9-10(12(15)16)4-2-6-11(9)13/h2,4,6H,7,13H2,1H3,(H,15,16). The molecule has 0 bridgehead atoms. The molecule has 4 nitrogen and oxygen atoms in total. The van der Waals surface area contributed by atoms with Gasteiger partial charge in [-0.15, -0.1) is 0 Å². The van der Waals surface area contributed by atoms with E-state index in [0.29, 0.717) is 17.0 Å². The third-order valence-corrected chi connectivity index (χ3v) is 2.58. The molecule has 0 amide bonds.